The van der Waals surface area contributed by atoms with Crippen LogP contribution in [0.5, 0.6) is 0 Å². The maximum absolute atomic E-state index is 15.2. The van der Waals surface area contributed by atoms with Crippen LogP contribution in [-0.2, 0) is 17.1 Å². The maximum Gasteiger partial charge on any atom is 0.433 e. The second kappa shape index (κ2) is 9.03. The molecule has 37 heavy (non-hydrogen) atoms. The second-order valence-electron chi connectivity index (χ2n) is 7.70. The van der Waals surface area contributed by atoms with Crippen LogP contribution >= 0.6 is 0 Å². The van der Waals surface area contributed by atoms with Gasteiger partial charge in [-0.2, -0.15) is 26.3 Å². The Hall–Kier alpha value is -4.20. The van der Waals surface area contributed by atoms with Crippen LogP contribution in [0.1, 0.15) is 32.9 Å². The number of imidazole rings is 1. The van der Waals surface area contributed by atoms with Gasteiger partial charge in [0.15, 0.2) is 6.10 Å². The number of aromatic nitrogens is 3. The molecule has 0 spiro atoms. The molecule has 0 fully saturated rings. The van der Waals surface area contributed by atoms with Crippen molar-refractivity contribution in [2.24, 2.45) is 0 Å². The van der Waals surface area contributed by atoms with E-state index in [4.69, 9.17) is 9.85 Å². The van der Waals surface area contributed by atoms with E-state index in [1.807, 2.05) is 0 Å². The molecule has 4 N–H and O–H groups in total. The second-order valence-corrected chi connectivity index (χ2v) is 7.70. The Balaban J connectivity index is 1.72. The molecule has 2 heterocycles. The summed E-state index contributed by atoms with van der Waals surface area (Å²) in [4.78, 5) is 19.6. The van der Waals surface area contributed by atoms with E-state index >= 15 is 4.39 Å². The third-order valence-corrected chi connectivity index (χ3v) is 5.25. The Labute approximate surface area is 207 Å². The predicted octanol–water partition coefficient (Wildman–Crippen LogP) is 5.14. The number of nitrogens with two attached hydrogens (primary N) is 1. The minimum Gasteiger partial charge on any atom is -0.382 e. The number of aliphatic hydroxyl groups is 1. The molecule has 7 nitrogen and oxygen atoms in total. The van der Waals surface area contributed by atoms with Crippen LogP contribution in [0.4, 0.5) is 42.2 Å². The predicted molar refractivity (Wildman–Crippen MR) is 118 cm³/mol. The van der Waals surface area contributed by atoms with E-state index in [-0.39, 0.29) is 10.1 Å². The van der Waals surface area contributed by atoms with Crippen molar-refractivity contribution in [3.8, 4) is 11.3 Å². The summed E-state index contributed by atoms with van der Waals surface area (Å²) in [5.74, 6) is -4.04. The van der Waals surface area contributed by atoms with Crippen molar-refractivity contribution in [1.29, 1.82) is 0 Å². The lowest BCUT2D eigenvalue weighted by atomic mass is 10.0. The fourth-order valence-corrected chi connectivity index (χ4v) is 3.56. The number of rotatable bonds is 4. The molecule has 1 amide bonds. The highest BCUT2D eigenvalue weighted by Gasteiger charge is 2.36. The highest BCUT2D eigenvalue weighted by Crippen LogP contribution is 2.36. The van der Waals surface area contributed by atoms with Crippen LogP contribution in [0.3, 0.4) is 0 Å². The monoisotopic (exact) mass is 530 g/mol. The molecule has 0 saturated heterocycles. The van der Waals surface area contributed by atoms with Gasteiger partial charge in [0.25, 0.3) is 5.91 Å². The number of halogens is 7. The SMILES string of the molecule is [2H]C([2H])([2H])c1nc(-c2ccc(NC(=O)[C@H](O)c3cccc(C(F)(F)F)c3)cc2F)c2c(N)ncc(C(F)(F)F)n12. The number of nitrogens with zero attached hydrogens (tertiary/aromatic N) is 3. The molecule has 0 bridgehead atoms. The summed E-state index contributed by atoms with van der Waals surface area (Å²) in [5.41, 5.74) is 0.704. The summed E-state index contributed by atoms with van der Waals surface area (Å²) in [5, 5.41) is 12.3. The molecule has 4 aromatic rings. The van der Waals surface area contributed by atoms with Gasteiger partial charge in [-0.1, -0.05) is 12.1 Å². The number of nitrogen functional groups attached to an aromatic ring is 1. The zero-order chi connectivity index (χ0) is 29.8. The zero-order valence-corrected chi connectivity index (χ0v) is 18.1. The molecule has 0 radical (unpaired) electrons. The number of nitrogens with one attached hydrogen (secondary N) is 1. The van der Waals surface area contributed by atoms with Gasteiger partial charge in [0.05, 0.1) is 11.8 Å². The van der Waals surface area contributed by atoms with Gasteiger partial charge in [-0.25, -0.2) is 14.4 Å². The summed E-state index contributed by atoms with van der Waals surface area (Å²) in [6.45, 7) is -3.18. The molecule has 0 aliphatic rings. The fraction of sp³-hybridized carbons (Fsp3) is 0.174. The lowest BCUT2D eigenvalue weighted by Gasteiger charge is -2.14. The third-order valence-electron chi connectivity index (χ3n) is 5.25. The molecule has 2 aromatic heterocycles. The average Bonchev–Trinajstić information content (AvgIpc) is 3.24. The molecule has 0 aliphatic heterocycles. The molecule has 0 saturated carbocycles. The fourth-order valence-electron chi connectivity index (χ4n) is 3.56. The van der Waals surface area contributed by atoms with E-state index < -0.39 is 82.3 Å². The summed E-state index contributed by atoms with van der Waals surface area (Å²) in [6, 6.07) is 6.04. The molecular weight excluding hydrogens is 511 g/mol. The van der Waals surface area contributed by atoms with E-state index in [2.05, 4.69) is 15.3 Å². The Bertz CT molecular complexity index is 1620. The number of carbonyl (C=O) groups is 1. The summed E-state index contributed by atoms with van der Waals surface area (Å²) in [7, 11) is 0. The lowest BCUT2D eigenvalue weighted by molar-refractivity contribution is -0.142. The first-order chi connectivity index (χ1) is 18.4. The van der Waals surface area contributed by atoms with Gasteiger partial charge in [0.2, 0.25) is 0 Å². The Morgan fingerprint density at radius 3 is 2.49 bits per heavy atom. The molecule has 0 unspecified atom stereocenters. The number of hydrogen-bond acceptors (Lipinski definition) is 5. The van der Waals surface area contributed by atoms with E-state index in [0.717, 1.165) is 30.3 Å². The first-order valence-electron chi connectivity index (χ1n) is 11.6. The average molecular weight is 530 g/mol. The largest absolute Gasteiger partial charge is 0.433 e. The number of carbonyl (C=O) groups excluding carboxylic acids is 1. The van der Waals surface area contributed by atoms with Crippen molar-refractivity contribution in [1.82, 2.24) is 14.4 Å². The normalized spacial score (nSPS) is 14.6. The van der Waals surface area contributed by atoms with Gasteiger partial charge in [0.1, 0.15) is 34.4 Å². The number of fused-ring (bicyclic) bond motifs is 1. The Morgan fingerprint density at radius 2 is 1.86 bits per heavy atom. The van der Waals surface area contributed by atoms with Gasteiger partial charge in [-0.05, 0) is 42.7 Å². The van der Waals surface area contributed by atoms with Crippen molar-refractivity contribution < 1.29 is 44.7 Å². The van der Waals surface area contributed by atoms with Gasteiger partial charge < -0.3 is 16.2 Å². The zero-order valence-electron chi connectivity index (χ0n) is 21.1. The summed E-state index contributed by atoms with van der Waals surface area (Å²) >= 11 is 0. The number of benzene rings is 2. The molecule has 194 valence electrons. The van der Waals surface area contributed by atoms with E-state index in [1.165, 1.54) is 0 Å². The van der Waals surface area contributed by atoms with Crippen LogP contribution in [0, 0.1) is 12.7 Å². The number of aryl methyl sites for hydroxylation is 1. The van der Waals surface area contributed by atoms with Crippen molar-refractivity contribution in [3.05, 3.63) is 77.1 Å². The summed E-state index contributed by atoms with van der Waals surface area (Å²) in [6.07, 6.45) is -11.6. The van der Waals surface area contributed by atoms with Gasteiger partial charge in [0, 0.05) is 15.4 Å². The lowest BCUT2D eigenvalue weighted by Crippen LogP contribution is -2.21. The van der Waals surface area contributed by atoms with Crippen molar-refractivity contribution in [3.63, 3.8) is 0 Å². The van der Waals surface area contributed by atoms with Crippen molar-refractivity contribution >= 4 is 22.9 Å². The van der Waals surface area contributed by atoms with Crippen LogP contribution in [0.25, 0.3) is 16.8 Å². The third kappa shape index (κ3) is 4.91. The summed E-state index contributed by atoms with van der Waals surface area (Å²) < 4.78 is 118. The first-order valence-corrected chi connectivity index (χ1v) is 10.1. The highest BCUT2D eigenvalue weighted by molar-refractivity contribution is 5.95. The van der Waals surface area contributed by atoms with Crippen LogP contribution in [0.2, 0.25) is 0 Å². The Kier molecular flexibility index (Phi) is 5.38. The molecule has 1 atom stereocenters. The quantitative estimate of drug-likeness (QED) is 0.317. The van der Waals surface area contributed by atoms with Crippen molar-refractivity contribution in [2.75, 3.05) is 11.1 Å². The number of alkyl halides is 6. The van der Waals surface area contributed by atoms with Gasteiger partial charge in [-0.15, -0.1) is 0 Å². The minimum absolute atomic E-state index is 0.227. The molecule has 0 aliphatic carbocycles. The van der Waals surface area contributed by atoms with Gasteiger partial charge in [-0.3, -0.25) is 9.20 Å². The number of aliphatic hydroxyl groups excluding tert-OH is 1. The molecule has 14 heteroatoms. The molecular formula is C23H16F7N5O2. The van der Waals surface area contributed by atoms with Crippen LogP contribution in [-0.4, -0.2) is 25.4 Å². The molecule has 4 rings (SSSR count). The highest BCUT2D eigenvalue weighted by atomic mass is 19.4. The first kappa shape index (κ1) is 22.0. The van der Waals surface area contributed by atoms with Crippen molar-refractivity contribution in [2.45, 2.75) is 25.3 Å². The molecule has 2 aromatic carbocycles. The number of anilines is 2. The van der Waals surface area contributed by atoms with Crippen LogP contribution in [0.15, 0.2) is 48.7 Å². The smallest absolute Gasteiger partial charge is 0.382 e. The van der Waals surface area contributed by atoms with Gasteiger partial charge >= 0.3 is 12.4 Å². The number of amides is 1. The van der Waals surface area contributed by atoms with E-state index in [0.29, 0.717) is 18.3 Å². The topological polar surface area (TPSA) is 106 Å². The van der Waals surface area contributed by atoms with E-state index in [9.17, 15) is 36.2 Å². The van der Waals surface area contributed by atoms with Crippen LogP contribution < -0.4 is 11.1 Å². The number of hydrogen-bond donors (Lipinski definition) is 3. The van der Waals surface area contributed by atoms with E-state index in [1.54, 1.807) is 0 Å². The standard InChI is InChI=1S/C23H16F7N5O2/c1-10-33-17(18-20(31)32-9-16(35(10)18)23(28,29)30)14-6-5-13(8-15(14)24)34-21(37)19(36)11-3-2-4-12(7-11)22(25,26)27/h2-9,19,36H,1H3,(H2,31,32)(H,34,37)/t19-/m1/s1/i1D3. The Morgan fingerprint density at radius 1 is 1.14 bits per heavy atom. The maximum atomic E-state index is 15.2. The minimum atomic E-state index is -5.08.